The monoisotopic (exact) mass is 529 g/mol. The summed E-state index contributed by atoms with van der Waals surface area (Å²) < 4.78 is 38.4. The molecule has 1 N–H and O–H groups in total. The van der Waals surface area contributed by atoms with Gasteiger partial charge in [0.25, 0.3) is 0 Å². The molecular weight excluding hydrogens is 501 g/mol. The third kappa shape index (κ3) is 5.82. The minimum atomic E-state index is -3.27. The zero-order valence-electron chi connectivity index (χ0n) is 16.6. The van der Waals surface area contributed by atoms with Crippen molar-refractivity contribution in [2.75, 3.05) is 21.7 Å². The summed E-state index contributed by atoms with van der Waals surface area (Å²) in [6, 6.07) is 9.67. The van der Waals surface area contributed by atoms with Crippen LogP contribution in [0.3, 0.4) is 0 Å². The predicted octanol–water partition coefficient (Wildman–Crippen LogP) is 3.76. The summed E-state index contributed by atoms with van der Waals surface area (Å²) in [7, 11) is -3.27. The number of hydrogen-bond donors (Lipinski definition) is 1. The Hall–Kier alpha value is -1.39. The molecule has 2 fully saturated rings. The van der Waals surface area contributed by atoms with Gasteiger partial charge >= 0.3 is 147 Å². The first-order chi connectivity index (χ1) is 14.0. The number of allylic oxidation sites excluding steroid dienone is 1. The molecule has 2 atom stereocenters. The van der Waals surface area contributed by atoms with Crippen LogP contribution in [0, 0.1) is 5.92 Å². The summed E-state index contributed by atoms with van der Waals surface area (Å²) in [6.07, 6.45) is 9.66. The van der Waals surface area contributed by atoms with Crippen LogP contribution < -0.4 is 9.46 Å². The normalized spacial score (nSPS) is 24.6. The molecule has 1 aliphatic heterocycles. The van der Waals surface area contributed by atoms with Gasteiger partial charge in [-0.25, -0.2) is 4.68 Å². The van der Waals surface area contributed by atoms with Gasteiger partial charge in [0, 0.05) is 12.4 Å². The Kier molecular flexibility index (Phi) is 6.60. The number of ether oxygens (including phenoxy) is 1. The number of benzene rings is 1. The Balaban J connectivity index is 1.33. The van der Waals surface area contributed by atoms with E-state index in [1.165, 1.54) is 8.01 Å². The average Bonchev–Trinajstić information content (AvgIpc) is 3.17. The summed E-state index contributed by atoms with van der Waals surface area (Å²) in [5.41, 5.74) is 0.980. The summed E-state index contributed by atoms with van der Waals surface area (Å²) in [5, 5.41) is 4.22. The molecule has 1 aromatic heterocycles. The summed E-state index contributed by atoms with van der Waals surface area (Å²) in [4.78, 5) is 2.28. The predicted molar refractivity (Wildman–Crippen MR) is 125 cm³/mol. The number of nitrogens with one attached hydrogen (secondary N) is 1. The van der Waals surface area contributed by atoms with Crippen LogP contribution in [0.2, 0.25) is 0 Å². The van der Waals surface area contributed by atoms with Crippen molar-refractivity contribution in [2.24, 2.45) is 5.92 Å². The van der Waals surface area contributed by atoms with Gasteiger partial charge in [-0.2, -0.15) is 5.10 Å². The van der Waals surface area contributed by atoms with Gasteiger partial charge in [0.05, 0.1) is 5.69 Å². The molecule has 2 aromatic rings. The number of aromatic nitrogens is 2. The second kappa shape index (κ2) is 9.18. The zero-order chi connectivity index (χ0) is 20.3. The van der Waals surface area contributed by atoms with Crippen LogP contribution in [0.15, 0.2) is 52.4 Å². The van der Waals surface area contributed by atoms with E-state index < -0.39 is 29.8 Å². The fraction of sp³-hybridized carbons (Fsp3) is 0.476. The van der Waals surface area contributed by atoms with Gasteiger partial charge in [0.15, 0.2) is 0 Å². The Morgan fingerprint density at radius 1 is 1.28 bits per heavy atom. The molecule has 0 radical (unpaired) electrons. The molecule has 0 amide bonds. The van der Waals surface area contributed by atoms with E-state index in [9.17, 15) is 8.42 Å². The van der Waals surface area contributed by atoms with Gasteiger partial charge in [-0.05, 0) is 6.07 Å². The molecule has 1 unspecified atom stereocenters. The van der Waals surface area contributed by atoms with E-state index in [1.54, 1.807) is 10.9 Å². The first kappa shape index (κ1) is 20.9. The first-order valence-corrected chi connectivity index (χ1v) is 16.4. The van der Waals surface area contributed by atoms with Crippen molar-refractivity contribution in [1.82, 2.24) is 14.5 Å². The van der Waals surface area contributed by atoms with E-state index in [2.05, 4.69) is 14.8 Å². The van der Waals surface area contributed by atoms with E-state index in [1.807, 2.05) is 42.6 Å². The molecule has 8 heteroatoms. The number of sulfonamides is 1. The van der Waals surface area contributed by atoms with E-state index in [-0.39, 0.29) is 17.7 Å². The van der Waals surface area contributed by atoms with Crippen molar-refractivity contribution in [3.63, 3.8) is 0 Å². The third-order valence-electron chi connectivity index (χ3n) is 5.50. The quantitative estimate of drug-likeness (QED) is 0.418. The fourth-order valence-corrected chi connectivity index (χ4v) is 9.47. The molecule has 29 heavy (non-hydrogen) atoms. The Labute approximate surface area is 180 Å². The number of halogens is 1. The van der Waals surface area contributed by atoms with Gasteiger partial charge in [-0.1, -0.05) is 0 Å². The third-order valence-corrected chi connectivity index (χ3v) is 11.0. The van der Waals surface area contributed by atoms with Crippen molar-refractivity contribution in [3.8, 4) is 11.4 Å². The van der Waals surface area contributed by atoms with Crippen molar-refractivity contribution < 1.29 is 13.2 Å². The van der Waals surface area contributed by atoms with Gasteiger partial charge in [-0.3, -0.25) is 0 Å². The van der Waals surface area contributed by atoms with Crippen LogP contribution in [0.1, 0.15) is 25.7 Å². The maximum atomic E-state index is 12.5. The zero-order valence-corrected chi connectivity index (χ0v) is 19.6. The molecule has 1 saturated carbocycles. The second-order valence-corrected chi connectivity index (χ2v) is 15.0. The van der Waals surface area contributed by atoms with E-state index in [0.29, 0.717) is 6.61 Å². The number of rotatable bonds is 8. The minimum absolute atomic E-state index is 0.0362. The van der Waals surface area contributed by atoms with Gasteiger partial charge in [0.1, 0.15) is 0 Å². The van der Waals surface area contributed by atoms with Crippen molar-refractivity contribution in [3.05, 3.63) is 52.4 Å². The molecule has 1 saturated heterocycles. The van der Waals surface area contributed by atoms with E-state index in [4.69, 9.17) is 4.74 Å². The Morgan fingerprint density at radius 2 is 2.03 bits per heavy atom. The van der Waals surface area contributed by atoms with Gasteiger partial charge in [-0.15, -0.1) is 0 Å². The van der Waals surface area contributed by atoms with Gasteiger partial charge < -0.3 is 0 Å². The fourth-order valence-electron chi connectivity index (χ4n) is 3.71. The second-order valence-electron chi connectivity index (χ2n) is 7.68. The molecule has 0 spiro atoms. The molecule has 1 aromatic carbocycles. The molecule has 1 aliphatic carbocycles. The van der Waals surface area contributed by atoms with Crippen molar-refractivity contribution >= 4 is 29.8 Å². The Bertz CT molecular complexity index is 942. The van der Waals surface area contributed by atoms with Crippen molar-refractivity contribution in [2.45, 2.75) is 31.7 Å². The SMILES string of the molecule is CI1C/C1=C\CS(=O)(=O)NC1CCCC[C@@H]1COc1ccc(-n2cccn2)cc1. The number of hydrogen-bond acceptors (Lipinski definition) is 4. The van der Waals surface area contributed by atoms with E-state index >= 15 is 0 Å². The molecule has 2 heterocycles. The molecule has 0 bridgehead atoms. The number of nitrogens with zero attached hydrogens (tertiary/aromatic N) is 2. The summed E-state index contributed by atoms with van der Waals surface area (Å²) in [5.74, 6) is 1.13. The molecule has 158 valence electrons. The summed E-state index contributed by atoms with van der Waals surface area (Å²) in [6.45, 7) is 0.528. The van der Waals surface area contributed by atoms with Crippen LogP contribution >= 0.6 is 19.8 Å². The molecule has 4 rings (SSSR count). The van der Waals surface area contributed by atoms with Crippen LogP contribution in [0.5, 0.6) is 5.75 Å². The van der Waals surface area contributed by atoms with Crippen LogP contribution in [-0.4, -0.2) is 46.0 Å². The van der Waals surface area contributed by atoms with Crippen molar-refractivity contribution in [1.29, 1.82) is 0 Å². The van der Waals surface area contributed by atoms with Crippen LogP contribution in [0.4, 0.5) is 0 Å². The maximum absolute atomic E-state index is 12.5. The van der Waals surface area contributed by atoms with E-state index in [0.717, 1.165) is 37.1 Å². The standard InChI is InChI=1S/C21H28IN3O3S/c1-22-15-18(22)11-14-29(26,27)24-21-6-3-2-5-17(21)16-28-20-9-7-19(8-10-20)25-13-4-12-23-25/h4,7-13,17,21,24H,2-3,5-6,14-16H2,1H3/b18-11+/t17-,21?/m1/s1. The summed E-state index contributed by atoms with van der Waals surface area (Å²) >= 11 is -0.831. The van der Waals surface area contributed by atoms with Gasteiger partial charge in [0.2, 0.25) is 0 Å². The van der Waals surface area contributed by atoms with Crippen LogP contribution in [-0.2, 0) is 10.0 Å². The average molecular weight is 529 g/mol. The first-order valence-electron chi connectivity index (χ1n) is 9.98. The molecular formula is C21H28IN3O3S. The number of alkyl halides is 2. The molecule has 6 nitrogen and oxygen atoms in total. The molecule has 2 aliphatic rings. The topological polar surface area (TPSA) is 73.2 Å². The van der Waals surface area contributed by atoms with Crippen LogP contribution in [0.25, 0.3) is 5.69 Å². The Morgan fingerprint density at radius 3 is 2.72 bits per heavy atom.